The molecular weight excluding hydrogens is 228 g/mol. The van der Waals surface area contributed by atoms with Gasteiger partial charge in [0.25, 0.3) is 0 Å². The molecule has 0 bridgehead atoms. The Morgan fingerprint density at radius 2 is 2.11 bits per heavy atom. The van der Waals surface area contributed by atoms with E-state index in [1.807, 2.05) is 30.3 Å². The average molecular weight is 240 g/mol. The monoisotopic (exact) mass is 240 g/mol. The van der Waals surface area contributed by atoms with Crippen molar-refractivity contribution in [2.75, 3.05) is 7.11 Å². The topological polar surface area (TPSA) is 63.7 Å². The fraction of sp³-hybridized carbons (Fsp3) is 0.154. The lowest BCUT2D eigenvalue weighted by Crippen LogP contribution is -1.90. The van der Waals surface area contributed by atoms with Gasteiger partial charge in [-0.05, 0) is 12.1 Å². The van der Waals surface area contributed by atoms with Crippen LogP contribution in [0, 0.1) is 0 Å². The molecule has 3 rings (SSSR count). The first kappa shape index (κ1) is 10.9. The highest BCUT2D eigenvalue weighted by Gasteiger charge is 2.09. The fourth-order valence-corrected chi connectivity index (χ4v) is 1.90. The first-order chi connectivity index (χ1) is 8.88. The largest absolute Gasteiger partial charge is 0.377 e. The van der Waals surface area contributed by atoms with Gasteiger partial charge in [0.1, 0.15) is 6.61 Å². The normalized spacial score (nSPS) is 10.9. The SMILES string of the molecule is COCc1nc(-c2cccc3cccnc23)n[nH]1. The molecule has 0 amide bonds. The Labute approximate surface area is 104 Å². The number of fused-ring (bicyclic) bond motifs is 1. The number of ether oxygens (including phenoxy) is 1. The number of nitrogens with one attached hydrogen (secondary N) is 1. The van der Waals surface area contributed by atoms with Gasteiger partial charge in [-0.1, -0.05) is 18.2 Å². The lowest BCUT2D eigenvalue weighted by atomic mass is 10.1. The molecule has 1 aromatic carbocycles. The summed E-state index contributed by atoms with van der Waals surface area (Å²) >= 11 is 0. The summed E-state index contributed by atoms with van der Waals surface area (Å²) in [5.74, 6) is 1.35. The lowest BCUT2D eigenvalue weighted by molar-refractivity contribution is 0.178. The highest BCUT2D eigenvalue weighted by atomic mass is 16.5. The first-order valence-electron chi connectivity index (χ1n) is 5.63. The zero-order valence-corrected chi connectivity index (χ0v) is 9.92. The Kier molecular flexibility index (Phi) is 2.74. The standard InChI is InChI=1S/C13H12N4O/c1-18-8-11-15-13(17-16-11)10-6-2-4-9-5-3-7-14-12(9)10/h2-7H,8H2,1H3,(H,15,16,17). The van der Waals surface area contributed by atoms with Gasteiger partial charge in [-0.2, -0.15) is 5.10 Å². The Hall–Kier alpha value is -2.27. The van der Waals surface area contributed by atoms with Crippen LogP contribution in [-0.4, -0.2) is 27.3 Å². The number of aromatic nitrogens is 4. The van der Waals surface area contributed by atoms with E-state index >= 15 is 0 Å². The van der Waals surface area contributed by atoms with Gasteiger partial charge in [-0.25, -0.2) is 4.98 Å². The summed E-state index contributed by atoms with van der Waals surface area (Å²) in [6.45, 7) is 0.422. The molecule has 5 nitrogen and oxygen atoms in total. The zero-order chi connectivity index (χ0) is 12.4. The van der Waals surface area contributed by atoms with E-state index in [9.17, 15) is 0 Å². The minimum atomic E-state index is 0.422. The van der Waals surface area contributed by atoms with Gasteiger partial charge in [0, 0.05) is 24.3 Å². The number of methoxy groups -OCH3 is 1. The number of hydrogen-bond acceptors (Lipinski definition) is 4. The lowest BCUT2D eigenvalue weighted by Gasteiger charge is -2.00. The quantitative estimate of drug-likeness (QED) is 0.762. The summed E-state index contributed by atoms with van der Waals surface area (Å²) in [6.07, 6.45) is 1.77. The Bertz CT molecular complexity index is 672. The van der Waals surface area contributed by atoms with Crippen molar-refractivity contribution in [3.05, 3.63) is 42.4 Å². The minimum Gasteiger partial charge on any atom is -0.377 e. The molecule has 3 aromatic rings. The number of para-hydroxylation sites is 1. The number of aromatic amines is 1. The van der Waals surface area contributed by atoms with Crippen molar-refractivity contribution in [1.29, 1.82) is 0 Å². The molecule has 0 saturated carbocycles. The summed E-state index contributed by atoms with van der Waals surface area (Å²) in [4.78, 5) is 8.78. The van der Waals surface area contributed by atoms with Crippen LogP contribution in [-0.2, 0) is 11.3 Å². The third-order valence-electron chi connectivity index (χ3n) is 2.69. The Morgan fingerprint density at radius 1 is 1.22 bits per heavy atom. The van der Waals surface area contributed by atoms with E-state index in [-0.39, 0.29) is 0 Å². The van der Waals surface area contributed by atoms with Gasteiger partial charge in [0.2, 0.25) is 0 Å². The van der Waals surface area contributed by atoms with Gasteiger partial charge in [-0.3, -0.25) is 10.1 Å². The van der Waals surface area contributed by atoms with Crippen molar-refractivity contribution < 1.29 is 4.74 Å². The second kappa shape index (κ2) is 4.54. The Balaban J connectivity index is 2.12. The van der Waals surface area contributed by atoms with Crippen molar-refractivity contribution in [2.24, 2.45) is 0 Å². The third kappa shape index (κ3) is 1.84. The molecule has 0 spiro atoms. The van der Waals surface area contributed by atoms with Crippen LogP contribution in [0.25, 0.3) is 22.3 Å². The summed E-state index contributed by atoms with van der Waals surface area (Å²) in [6, 6.07) is 9.91. The summed E-state index contributed by atoms with van der Waals surface area (Å²) in [5.41, 5.74) is 1.83. The molecule has 5 heteroatoms. The van der Waals surface area contributed by atoms with Crippen LogP contribution in [0.5, 0.6) is 0 Å². The number of benzene rings is 1. The van der Waals surface area contributed by atoms with Crippen molar-refractivity contribution in [3.63, 3.8) is 0 Å². The minimum absolute atomic E-state index is 0.422. The van der Waals surface area contributed by atoms with Crippen LogP contribution in [0.3, 0.4) is 0 Å². The second-order valence-electron chi connectivity index (χ2n) is 3.92. The molecule has 0 aliphatic carbocycles. The van der Waals surface area contributed by atoms with Gasteiger partial charge < -0.3 is 4.74 Å². The number of H-pyrrole nitrogens is 1. The highest BCUT2D eigenvalue weighted by Crippen LogP contribution is 2.23. The fourth-order valence-electron chi connectivity index (χ4n) is 1.90. The van der Waals surface area contributed by atoms with Gasteiger partial charge >= 0.3 is 0 Å². The molecule has 18 heavy (non-hydrogen) atoms. The maximum atomic E-state index is 5.02. The summed E-state index contributed by atoms with van der Waals surface area (Å²) in [7, 11) is 1.63. The van der Waals surface area contributed by atoms with Gasteiger partial charge in [-0.15, -0.1) is 0 Å². The Morgan fingerprint density at radius 3 is 3.00 bits per heavy atom. The van der Waals surface area contributed by atoms with Crippen LogP contribution in [0.15, 0.2) is 36.5 Å². The van der Waals surface area contributed by atoms with E-state index in [2.05, 4.69) is 20.2 Å². The molecule has 2 aromatic heterocycles. The second-order valence-corrected chi connectivity index (χ2v) is 3.92. The first-order valence-corrected chi connectivity index (χ1v) is 5.63. The predicted molar refractivity (Wildman–Crippen MR) is 67.8 cm³/mol. The molecule has 0 aliphatic heterocycles. The van der Waals surface area contributed by atoms with Crippen LogP contribution in [0.2, 0.25) is 0 Å². The van der Waals surface area contributed by atoms with Crippen molar-refractivity contribution in [2.45, 2.75) is 6.61 Å². The number of hydrogen-bond donors (Lipinski definition) is 1. The molecule has 0 atom stereocenters. The van der Waals surface area contributed by atoms with Crippen molar-refractivity contribution in [3.8, 4) is 11.4 Å². The molecule has 0 saturated heterocycles. The maximum Gasteiger partial charge on any atom is 0.183 e. The van der Waals surface area contributed by atoms with Gasteiger partial charge in [0.05, 0.1) is 5.52 Å². The van der Waals surface area contributed by atoms with E-state index in [1.165, 1.54) is 0 Å². The van der Waals surface area contributed by atoms with Crippen LogP contribution in [0.1, 0.15) is 5.82 Å². The smallest absolute Gasteiger partial charge is 0.183 e. The van der Waals surface area contributed by atoms with E-state index in [4.69, 9.17) is 4.74 Å². The van der Waals surface area contributed by atoms with E-state index in [0.717, 1.165) is 16.5 Å². The number of rotatable bonds is 3. The molecule has 0 fully saturated rings. The van der Waals surface area contributed by atoms with Crippen LogP contribution in [0.4, 0.5) is 0 Å². The molecule has 0 unspecified atom stereocenters. The molecular formula is C13H12N4O. The highest BCUT2D eigenvalue weighted by molar-refractivity contribution is 5.91. The van der Waals surface area contributed by atoms with E-state index in [0.29, 0.717) is 18.3 Å². The molecule has 2 heterocycles. The van der Waals surface area contributed by atoms with Crippen LogP contribution < -0.4 is 0 Å². The average Bonchev–Trinajstić information content (AvgIpc) is 2.87. The summed E-state index contributed by atoms with van der Waals surface area (Å²) < 4.78 is 5.02. The zero-order valence-electron chi connectivity index (χ0n) is 9.92. The number of nitrogens with zero attached hydrogens (tertiary/aromatic N) is 3. The van der Waals surface area contributed by atoms with E-state index in [1.54, 1.807) is 13.3 Å². The molecule has 0 aliphatic rings. The molecule has 0 radical (unpaired) electrons. The van der Waals surface area contributed by atoms with Gasteiger partial charge in [0.15, 0.2) is 11.6 Å². The molecule has 90 valence electrons. The summed E-state index contributed by atoms with van der Waals surface area (Å²) in [5, 5.41) is 8.13. The number of pyridine rings is 1. The van der Waals surface area contributed by atoms with E-state index < -0.39 is 0 Å². The predicted octanol–water partition coefficient (Wildman–Crippen LogP) is 2.17. The maximum absolute atomic E-state index is 5.02. The molecule has 1 N–H and O–H groups in total. The van der Waals surface area contributed by atoms with Crippen LogP contribution >= 0.6 is 0 Å². The third-order valence-corrected chi connectivity index (χ3v) is 2.69. The van der Waals surface area contributed by atoms with Crippen molar-refractivity contribution in [1.82, 2.24) is 20.2 Å². The van der Waals surface area contributed by atoms with Crippen molar-refractivity contribution >= 4 is 10.9 Å².